The summed E-state index contributed by atoms with van der Waals surface area (Å²) in [5, 5.41) is 2.86. The van der Waals surface area contributed by atoms with Gasteiger partial charge in [0.15, 0.2) is 0 Å². The normalized spacial score (nSPS) is 12.9. The number of para-hydroxylation sites is 2. The highest BCUT2D eigenvalue weighted by molar-refractivity contribution is 5.91. The van der Waals surface area contributed by atoms with Gasteiger partial charge < -0.3 is 10.1 Å². The standard InChI is InChI=1S/C18H17N3O3/c1-20-14-4-2-3-5-15(14)21(18(20)23)11-17(22)19-13-6-7-16-12(10-13)8-9-24-16/h2-7,10H,8-9,11H2,1H3,(H,19,22). The van der Waals surface area contributed by atoms with Gasteiger partial charge in [-0.3, -0.25) is 13.9 Å². The quantitative estimate of drug-likeness (QED) is 0.801. The first-order valence-electron chi connectivity index (χ1n) is 7.83. The molecule has 1 aliphatic rings. The van der Waals surface area contributed by atoms with Crippen molar-refractivity contribution in [3.63, 3.8) is 0 Å². The molecular weight excluding hydrogens is 306 g/mol. The zero-order chi connectivity index (χ0) is 16.7. The third-order valence-electron chi connectivity index (χ3n) is 4.33. The minimum atomic E-state index is -0.229. The molecule has 0 aliphatic carbocycles. The van der Waals surface area contributed by atoms with E-state index in [9.17, 15) is 9.59 Å². The van der Waals surface area contributed by atoms with Crippen molar-refractivity contribution in [1.29, 1.82) is 0 Å². The lowest BCUT2D eigenvalue weighted by atomic mass is 10.1. The Morgan fingerprint density at radius 3 is 2.83 bits per heavy atom. The monoisotopic (exact) mass is 323 g/mol. The van der Waals surface area contributed by atoms with E-state index in [4.69, 9.17) is 4.74 Å². The first-order chi connectivity index (χ1) is 11.6. The molecule has 0 bridgehead atoms. The maximum atomic E-state index is 12.4. The molecule has 1 aromatic heterocycles. The highest BCUT2D eigenvalue weighted by atomic mass is 16.5. The van der Waals surface area contributed by atoms with Crippen LogP contribution in [0.5, 0.6) is 5.75 Å². The fourth-order valence-corrected chi connectivity index (χ4v) is 3.12. The van der Waals surface area contributed by atoms with Crippen LogP contribution in [0.4, 0.5) is 5.69 Å². The first-order valence-corrected chi connectivity index (χ1v) is 7.83. The minimum absolute atomic E-state index is 0.0201. The molecule has 1 aliphatic heterocycles. The van der Waals surface area contributed by atoms with Gasteiger partial charge in [0.25, 0.3) is 0 Å². The molecule has 0 unspecified atom stereocenters. The van der Waals surface area contributed by atoms with Gasteiger partial charge in [0.05, 0.1) is 17.6 Å². The Morgan fingerprint density at radius 1 is 1.21 bits per heavy atom. The molecule has 1 amide bonds. The van der Waals surface area contributed by atoms with Gasteiger partial charge >= 0.3 is 5.69 Å². The van der Waals surface area contributed by atoms with E-state index in [0.29, 0.717) is 6.61 Å². The first kappa shape index (κ1) is 14.6. The molecule has 6 heteroatoms. The number of aryl methyl sites for hydroxylation is 1. The number of anilines is 1. The predicted molar refractivity (Wildman–Crippen MR) is 91.4 cm³/mol. The fourth-order valence-electron chi connectivity index (χ4n) is 3.12. The number of carbonyl (C=O) groups is 1. The number of fused-ring (bicyclic) bond motifs is 2. The van der Waals surface area contributed by atoms with Gasteiger partial charge in [-0.15, -0.1) is 0 Å². The molecule has 2 heterocycles. The number of ether oxygens (including phenoxy) is 1. The largest absolute Gasteiger partial charge is 0.493 e. The smallest absolute Gasteiger partial charge is 0.329 e. The molecule has 1 N–H and O–H groups in total. The number of nitrogens with one attached hydrogen (secondary N) is 1. The summed E-state index contributed by atoms with van der Waals surface area (Å²) in [4.78, 5) is 24.7. The van der Waals surface area contributed by atoms with E-state index in [2.05, 4.69) is 5.32 Å². The van der Waals surface area contributed by atoms with Crippen molar-refractivity contribution < 1.29 is 9.53 Å². The molecule has 3 aromatic rings. The fraction of sp³-hybridized carbons (Fsp3) is 0.222. The maximum absolute atomic E-state index is 12.4. The number of rotatable bonds is 3. The Kier molecular flexibility index (Phi) is 3.37. The van der Waals surface area contributed by atoms with E-state index in [-0.39, 0.29) is 18.1 Å². The second-order valence-corrected chi connectivity index (χ2v) is 5.89. The number of nitrogens with zero attached hydrogens (tertiary/aromatic N) is 2. The average molecular weight is 323 g/mol. The van der Waals surface area contributed by atoms with Crippen LogP contribution < -0.4 is 15.7 Å². The van der Waals surface area contributed by atoms with E-state index < -0.39 is 0 Å². The lowest BCUT2D eigenvalue weighted by Crippen LogP contribution is -2.28. The van der Waals surface area contributed by atoms with Crippen LogP contribution in [0.1, 0.15) is 5.56 Å². The van der Waals surface area contributed by atoms with Crippen molar-refractivity contribution in [3.05, 3.63) is 58.5 Å². The van der Waals surface area contributed by atoms with Gasteiger partial charge in [-0.2, -0.15) is 0 Å². The van der Waals surface area contributed by atoms with Crippen molar-refractivity contribution in [3.8, 4) is 5.75 Å². The van der Waals surface area contributed by atoms with Crippen LogP contribution in [0.25, 0.3) is 11.0 Å². The van der Waals surface area contributed by atoms with Crippen molar-refractivity contribution in [2.45, 2.75) is 13.0 Å². The highest BCUT2D eigenvalue weighted by Crippen LogP contribution is 2.27. The molecule has 0 saturated carbocycles. The molecule has 0 radical (unpaired) electrons. The molecule has 2 aromatic carbocycles. The van der Waals surface area contributed by atoms with E-state index >= 15 is 0 Å². The van der Waals surface area contributed by atoms with E-state index in [0.717, 1.165) is 34.5 Å². The third kappa shape index (κ3) is 2.36. The molecule has 0 fully saturated rings. The van der Waals surface area contributed by atoms with Crippen LogP contribution in [0.2, 0.25) is 0 Å². The van der Waals surface area contributed by atoms with Crippen LogP contribution in [-0.4, -0.2) is 21.6 Å². The van der Waals surface area contributed by atoms with Gasteiger partial charge in [0.1, 0.15) is 12.3 Å². The number of benzene rings is 2. The number of hydrogen-bond acceptors (Lipinski definition) is 3. The van der Waals surface area contributed by atoms with Gasteiger partial charge in [0.2, 0.25) is 5.91 Å². The Labute approximate surface area is 138 Å². The molecule has 0 saturated heterocycles. The van der Waals surface area contributed by atoms with Gasteiger partial charge in [0, 0.05) is 19.2 Å². The predicted octanol–water partition coefficient (Wildman–Crippen LogP) is 1.91. The Bertz CT molecular complexity index is 1000. The lowest BCUT2D eigenvalue weighted by Gasteiger charge is -2.07. The number of hydrogen-bond donors (Lipinski definition) is 1. The summed E-state index contributed by atoms with van der Waals surface area (Å²) in [6.45, 7) is 0.659. The van der Waals surface area contributed by atoms with Crippen molar-refractivity contribution >= 4 is 22.6 Å². The Balaban J connectivity index is 1.59. The van der Waals surface area contributed by atoms with Crippen LogP contribution in [0.15, 0.2) is 47.3 Å². The average Bonchev–Trinajstić information content (AvgIpc) is 3.14. The zero-order valence-electron chi connectivity index (χ0n) is 13.3. The zero-order valence-corrected chi connectivity index (χ0v) is 13.3. The molecule has 24 heavy (non-hydrogen) atoms. The summed E-state index contributed by atoms with van der Waals surface area (Å²) in [7, 11) is 1.71. The number of imidazole rings is 1. The summed E-state index contributed by atoms with van der Waals surface area (Å²) >= 11 is 0. The number of aromatic nitrogens is 2. The van der Waals surface area contributed by atoms with Crippen molar-refractivity contribution in [1.82, 2.24) is 9.13 Å². The maximum Gasteiger partial charge on any atom is 0.329 e. The highest BCUT2D eigenvalue weighted by Gasteiger charge is 2.15. The molecule has 122 valence electrons. The van der Waals surface area contributed by atoms with E-state index in [1.165, 1.54) is 4.57 Å². The van der Waals surface area contributed by atoms with Crippen LogP contribution in [0.3, 0.4) is 0 Å². The summed E-state index contributed by atoms with van der Waals surface area (Å²) in [5.74, 6) is 0.644. The third-order valence-corrected chi connectivity index (χ3v) is 4.33. The van der Waals surface area contributed by atoms with E-state index in [1.54, 1.807) is 11.6 Å². The van der Waals surface area contributed by atoms with Crippen molar-refractivity contribution in [2.75, 3.05) is 11.9 Å². The van der Waals surface area contributed by atoms with Crippen LogP contribution in [0, 0.1) is 0 Å². The SMILES string of the molecule is Cn1c(=O)n(CC(=O)Nc2ccc3c(c2)CCO3)c2ccccc21. The number of carbonyl (C=O) groups excluding carboxylic acids is 1. The Hall–Kier alpha value is -3.02. The second kappa shape index (κ2) is 5.56. The second-order valence-electron chi connectivity index (χ2n) is 5.89. The lowest BCUT2D eigenvalue weighted by molar-refractivity contribution is -0.116. The summed E-state index contributed by atoms with van der Waals surface area (Å²) < 4.78 is 8.50. The van der Waals surface area contributed by atoms with Gasteiger partial charge in [-0.1, -0.05) is 12.1 Å². The topological polar surface area (TPSA) is 65.3 Å². The van der Waals surface area contributed by atoms with E-state index in [1.807, 2.05) is 42.5 Å². The summed E-state index contributed by atoms with van der Waals surface area (Å²) in [5.41, 5.74) is 3.17. The summed E-state index contributed by atoms with van der Waals surface area (Å²) in [6.07, 6.45) is 0.849. The van der Waals surface area contributed by atoms with Crippen LogP contribution >= 0.6 is 0 Å². The number of amides is 1. The van der Waals surface area contributed by atoms with Crippen molar-refractivity contribution in [2.24, 2.45) is 7.05 Å². The molecule has 0 atom stereocenters. The molecule has 0 spiro atoms. The molecule has 6 nitrogen and oxygen atoms in total. The summed E-state index contributed by atoms with van der Waals surface area (Å²) in [6, 6.07) is 13.0. The van der Waals surface area contributed by atoms with Crippen LogP contribution in [-0.2, 0) is 24.8 Å². The minimum Gasteiger partial charge on any atom is -0.493 e. The van der Waals surface area contributed by atoms with Gasteiger partial charge in [-0.25, -0.2) is 4.79 Å². The molecule has 4 rings (SSSR count). The van der Waals surface area contributed by atoms with Gasteiger partial charge in [-0.05, 0) is 35.9 Å². The Morgan fingerprint density at radius 2 is 2.00 bits per heavy atom. The molecular formula is C18H17N3O3.